The topological polar surface area (TPSA) is 92.5 Å². The molecule has 1 aliphatic heterocycles. The number of Topliss-reactive ketones (excluding diaryl/α,β-unsaturated/α-hetero) is 1. The molecule has 226 valence electrons. The number of hydrogen-bond acceptors (Lipinski definition) is 5. The van der Waals surface area contributed by atoms with Gasteiger partial charge in [0.15, 0.2) is 5.78 Å². The molecule has 2 aromatic carbocycles. The third kappa shape index (κ3) is 6.72. The zero-order valence-electron chi connectivity index (χ0n) is 25.9. The number of amides is 2. The predicted molar refractivity (Wildman–Crippen MR) is 170 cm³/mol. The van der Waals surface area contributed by atoms with E-state index in [2.05, 4.69) is 22.4 Å². The first-order valence-electron chi connectivity index (χ1n) is 15.2. The molecule has 9 nitrogen and oxygen atoms in total. The number of ketones is 1. The van der Waals surface area contributed by atoms with E-state index in [9.17, 15) is 14.4 Å². The molecule has 1 N–H and O–H groups in total. The zero-order valence-corrected chi connectivity index (χ0v) is 25.9. The summed E-state index contributed by atoms with van der Waals surface area (Å²) in [6.07, 6.45) is 7.00. The number of carbonyl (C=O) groups excluding carboxylic acids is 3. The highest BCUT2D eigenvalue weighted by molar-refractivity contribution is 6.13. The molecule has 1 saturated heterocycles. The van der Waals surface area contributed by atoms with Crippen molar-refractivity contribution in [2.75, 3.05) is 39.0 Å². The molecule has 2 aromatic heterocycles. The van der Waals surface area contributed by atoms with Crippen LogP contribution in [0.2, 0.25) is 0 Å². The fraction of sp³-hybridized carbons (Fsp3) is 0.412. The molecule has 0 radical (unpaired) electrons. The molecule has 9 heteroatoms. The van der Waals surface area contributed by atoms with Gasteiger partial charge in [0, 0.05) is 49.3 Å². The third-order valence-corrected chi connectivity index (χ3v) is 8.42. The maximum absolute atomic E-state index is 13.5. The Morgan fingerprint density at radius 1 is 1.07 bits per heavy atom. The Morgan fingerprint density at radius 3 is 2.56 bits per heavy atom. The first kappa shape index (κ1) is 30.2. The number of hydrogen-bond donors (Lipinski definition) is 1. The summed E-state index contributed by atoms with van der Waals surface area (Å²) in [5.74, 6) is 0.361. The zero-order chi connectivity index (χ0) is 30.7. The van der Waals surface area contributed by atoms with Crippen molar-refractivity contribution < 1.29 is 14.4 Å². The van der Waals surface area contributed by atoms with E-state index < -0.39 is 0 Å². The minimum absolute atomic E-state index is 0.0294. The quantitative estimate of drug-likeness (QED) is 0.250. The Morgan fingerprint density at radius 2 is 1.84 bits per heavy atom. The average molecular weight is 583 g/mol. The maximum Gasteiger partial charge on any atom is 0.257 e. The van der Waals surface area contributed by atoms with Crippen LogP contribution >= 0.6 is 0 Å². The number of rotatable bonds is 10. The van der Waals surface area contributed by atoms with Gasteiger partial charge in [-0.15, -0.1) is 0 Å². The number of nitrogens with one attached hydrogen (secondary N) is 1. The van der Waals surface area contributed by atoms with Gasteiger partial charge in [-0.05, 0) is 89.0 Å². The van der Waals surface area contributed by atoms with Gasteiger partial charge >= 0.3 is 0 Å². The molecular weight excluding hydrogens is 540 g/mol. The average Bonchev–Trinajstić information content (AvgIpc) is 3.53. The molecule has 1 aliphatic rings. The molecule has 43 heavy (non-hydrogen) atoms. The van der Waals surface area contributed by atoms with Gasteiger partial charge in [-0.25, -0.2) is 4.68 Å². The van der Waals surface area contributed by atoms with E-state index in [1.54, 1.807) is 17.1 Å². The molecule has 0 saturated carbocycles. The van der Waals surface area contributed by atoms with Crippen molar-refractivity contribution in [3.8, 4) is 5.69 Å². The molecule has 1 unspecified atom stereocenters. The van der Waals surface area contributed by atoms with Crippen LogP contribution in [0, 0.1) is 19.8 Å². The number of likely N-dealkylation sites (N-methyl/N-ethyl adjacent to an activating group) is 1. The lowest BCUT2D eigenvalue weighted by Crippen LogP contribution is -2.40. The summed E-state index contributed by atoms with van der Waals surface area (Å²) < 4.78 is 3.63. The van der Waals surface area contributed by atoms with E-state index >= 15 is 0 Å². The van der Waals surface area contributed by atoms with Crippen molar-refractivity contribution >= 4 is 34.2 Å². The number of benzene rings is 2. The number of anilines is 1. The Labute approximate surface area is 253 Å². The fourth-order valence-corrected chi connectivity index (χ4v) is 6.09. The SMILES string of the molecule is CCCC(=O)c1cnn(-c2ccc(NC(=O)c3cn(CC(=O)N(C)CC4CCCN(C)C4)c4ccc(C)cc34)cc2)c1C. The van der Waals surface area contributed by atoms with Crippen molar-refractivity contribution in [3.05, 3.63) is 77.2 Å². The first-order valence-corrected chi connectivity index (χ1v) is 15.2. The number of aryl methyl sites for hydroxylation is 1. The van der Waals surface area contributed by atoms with Gasteiger partial charge in [-0.3, -0.25) is 14.4 Å². The monoisotopic (exact) mass is 582 g/mol. The van der Waals surface area contributed by atoms with Crippen LogP contribution in [0.3, 0.4) is 0 Å². The van der Waals surface area contributed by atoms with E-state index in [0.717, 1.165) is 66.7 Å². The van der Waals surface area contributed by atoms with Crippen LogP contribution in [-0.4, -0.2) is 75.5 Å². The van der Waals surface area contributed by atoms with Crippen LogP contribution in [0.1, 0.15) is 64.6 Å². The lowest BCUT2D eigenvalue weighted by atomic mass is 9.98. The molecule has 5 rings (SSSR count). The molecule has 3 heterocycles. The number of fused-ring (bicyclic) bond motifs is 1. The van der Waals surface area contributed by atoms with Crippen LogP contribution in [0.4, 0.5) is 5.69 Å². The van der Waals surface area contributed by atoms with Crippen molar-refractivity contribution in [1.29, 1.82) is 0 Å². The Balaban J connectivity index is 1.31. The molecule has 1 fully saturated rings. The second-order valence-electron chi connectivity index (χ2n) is 12.0. The molecule has 1 atom stereocenters. The van der Waals surface area contributed by atoms with Crippen molar-refractivity contribution in [1.82, 2.24) is 24.1 Å². The number of carbonyl (C=O) groups is 3. The van der Waals surface area contributed by atoms with Crippen LogP contribution in [0.15, 0.2) is 54.9 Å². The summed E-state index contributed by atoms with van der Waals surface area (Å²) in [6, 6.07) is 13.4. The minimum atomic E-state index is -0.240. The highest BCUT2D eigenvalue weighted by Crippen LogP contribution is 2.25. The van der Waals surface area contributed by atoms with E-state index in [-0.39, 0.29) is 24.1 Å². The molecular formula is C34H42N6O3. The van der Waals surface area contributed by atoms with E-state index in [1.807, 2.05) is 79.8 Å². The number of likely N-dealkylation sites (tertiary alicyclic amines) is 1. The van der Waals surface area contributed by atoms with E-state index in [4.69, 9.17) is 0 Å². The second-order valence-corrected chi connectivity index (χ2v) is 12.0. The minimum Gasteiger partial charge on any atom is -0.344 e. The smallest absolute Gasteiger partial charge is 0.257 e. The highest BCUT2D eigenvalue weighted by Gasteiger charge is 2.23. The van der Waals surface area contributed by atoms with Gasteiger partial charge in [0.05, 0.1) is 28.7 Å². The van der Waals surface area contributed by atoms with Crippen LogP contribution in [0.5, 0.6) is 0 Å². The third-order valence-electron chi connectivity index (χ3n) is 8.42. The lowest BCUT2D eigenvalue weighted by Gasteiger charge is -2.32. The van der Waals surface area contributed by atoms with E-state index in [0.29, 0.717) is 29.2 Å². The summed E-state index contributed by atoms with van der Waals surface area (Å²) in [6.45, 7) is 8.90. The van der Waals surface area contributed by atoms with Crippen molar-refractivity contribution in [2.24, 2.45) is 5.92 Å². The maximum atomic E-state index is 13.5. The van der Waals surface area contributed by atoms with Gasteiger partial charge in [-0.2, -0.15) is 5.10 Å². The number of aromatic nitrogens is 3. The number of nitrogens with zero attached hydrogens (tertiary/aromatic N) is 5. The van der Waals surface area contributed by atoms with Gasteiger partial charge in [-0.1, -0.05) is 18.6 Å². The Hall–Kier alpha value is -4.24. The van der Waals surface area contributed by atoms with Gasteiger partial charge < -0.3 is 19.7 Å². The lowest BCUT2D eigenvalue weighted by molar-refractivity contribution is -0.131. The largest absolute Gasteiger partial charge is 0.344 e. The molecule has 0 aliphatic carbocycles. The van der Waals surface area contributed by atoms with Gasteiger partial charge in [0.25, 0.3) is 5.91 Å². The fourth-order valence-electron chi connectivity index (χ4n) is 6.09. The van der Waals surface area contributed by atoms with Crippen molar-refractivity contribution in [2.45, 2.75) is 53.0 Å². The van der Waals surface area contributed by atoms with Crippen LogP contribution in [0.25, 0.3) is 16.6 Å². The standard InChI is InChI=1S/C34H42N6O3/c1-6-8-32(41)29-18-35-40(24(29)3)27-13-11-26(12-14-27)36-34(43)30-21-39(31-15-10-23(2)17-28(30)31)22-33(42)38(5)20-25-9-7-16-37(4)19-25/h10-15,17-18,21,25H,6-9,16,19-20,22H2,1-5H3,(H,36,43). The normalized spacial score (nSPS) is 15.5. The first-order chi connectivity index (χ1) is 20.6. The summed E-state index contributed by atoms with van der Waals surface area (Å²) in [4.78, 5) is 43.3. The van der Waals surface area contributed by atoms with Crippen LogP contribution < -0.4 is 5.32 Å². The summed E-state index contributed by atoms with van der Waals surface area (Å²) in [5.41, 5.74) is 5.30. The summed E-state index contributed by atoms with van der Waals surface area (Å²) in [5, 5.41) is 8.25. The highest BCUT2D eigenvalue weighted by atomic mass is 16.2. The number of piperidine rings is 1. The van der Waals surface area contributed by atoms with Gasteiger partial charge in [0.1, 0.15) is 6.54 Å². The predicted octanol–water partition coefficient (Wildman–Crippen LogP) is 5.48. The molecule has 2 amide bonds. The Bertz CT molecular complexity index is 1630. The summed E-state index contributed by atoms with van der Waals surface area (Å²) in [7, 11) is 4.01. The van der Waals surface area contributed by atoms with Crippen LogP contribution in [-0.2, 0) is 11.3 Å². The molecule has 4 aromatic rings. The van der Waals surface area contributed by atoms with Crippen molar-refractivity contribution in [3.63, 3.8) is 0 Å². The van der Waals surface area contributed by atoms with E-state index in [1.165, 1.54) is 0 Å². The molecule has 0 spiro atoms. The molecule has 0 bridgehead atoms. The van der Waals surface area contributed by atoms with Gasteiger partial charge in [0.2, 0.25) is 5.91 Å². The summed E-state index contributed by atoms with van der Waals surface area (Å²) >= 11 is 0. The Kier molecular flexibility index (Phi) is 9.11. The second kappa shape index (κ2) is 13.0.